The van der Waals surface area contributed by atoms with Crippen molar-refractivity contribution in [3.63, 3.8) is 0 Å². The maximum Gasteiger partial charge on any atom is 0.258 e. The minimum absolute atomic E-state index is 0.0592. The van der Waals surface area contributed by atoms with Gasteiger partial charge in [-0.05, 0) is 47.0 Å². The number of aliphatic hydroxyl groups is 1. The highest BCUT2D eigenvalue weighted by Crippen LogP contribution is 2.29. The van der Waals surface area contributed by atoms with E-state index in [9.17, 15) is 9.90 Å². The quantitative estimate of drug-likeness (QED) is 0.790. The van der Waals surface area contributed by atoms with Crippen molar-refractivity contribution in [2.24, 2.45) is 0 Å². The van der Waals surface area contributed by atoms with E-state index in [1.807, 2.05) is 12.1 Å². The van der Waals surface area contributed by atoms with Crippen LogP contribution in [0.3, 0.4) is 0 Å². The lowest BCUT2D eigenvalue weighted by molar-refractivity contribution is -0.124. The van der Waals surface area contributed by atoms with Crippen molar-refractivity contribution in [2.75, 3.05) is 13.2 Å². The molecule has 1 aromatic carbocycles. The lowest BCUT2D eigenvalue weighted by Crippen LogP contribution is -2.42. The van der Waals surface area contributed by atoms with E-state index in [4.69, 9.17) is 4.74 Å². The zero-order valence-corrected chi connectivity index (χ0v) is 14.2. The number of carbonyl (C=O) groups excluding carboxylic acids is 1. The second-order valence-corrected chi connectivity index (χ2v) is 6.84. The van der Waals surface area contributed by atoms with E-state index in [0.717, 1.165) is 34.6 Å². The van der Waals surface area contributed by atoms with Crippen molar-refractivity contribution < 1.29 is 14.6 Å². The SMILES string of the molecule is O=C(COc1ccc(Br)cc1Br)NCC1(O)CCCC1. The number of halogens is 2. The van der Waals surface area contributed by atoms with Gasteiger partial charge in [-0.2, -0.15) is 0 Å². The molecule has 1 saturated carbocycles. The third kappa shape index (κ3) is 4.46. The highest BCUT2D eigenvalue weighted by molar-refractivity contribution is 9.11. The number of amides is 1. The lowest BCUT2D eigenvalue weighted by Gasteiger charge is -2.22. The first-order chi connectivity index (χ1) is 9.48. The Hall–Kier alpha value is -0.590. The predicted molar refractivity (Wildman–Crippen MR) is 83.8 cm³/mol. The lowest BCUT2D eigenvalue weighted by atomic mass is 10.0. The van der Waals surface area contributed by atoms with Crippen molar-refractivity contribution in [3.05, 3.63) is 27.1 Å². The molecule has 1 aliphatic carbocycles. The summed E-state index contributed by atoms with van der Waals surface area (Å²) in [4.78, 5) is 11.7. The summed E-state index contributed by atoms with van der Waals surface area (Å²) in [7, 11) is 0. The van der Waals surface area contributed by atoms with Gasteiger partial charge in [0.05, 0.1) is 10.1 Å². The predicted octanol–water partition coefficient (Wildman–Crippen LogP) is 3.01. The number of ether oxygens (including phenoxy) is 1. The van der Waals surface area contributed by atoms with Crippen LogP contribution in [0.25, 0.3) is 0 Å². The van der Waals surface area contributed by atoms with Crippen molar-refractivity contribution in [1.82, 2.24) is 5.32 Å². The van der Waals surface area contributed by atoms with E-state index in [-0.39, 0.29) is 12.5 Å². The summed E-state index contributed by atoms with van der Waals surface area (Å²) in [5, 5.41) is 12.9. The number of rotatable bonds is 5. The Balaban J connectivity index is 1.77. The Labute approximate surface area is 135 Å². The molecule has 0 atom stereocenters. The average molecular weight is 407 g/mol. The minimum Gasteiger partial charge on any atom is -0.483 e. The fourth-order valence-electron chi connectivity index (χ4n) is 2.26. The second kappa shape index (κ2) is 6.91. The Morgan fingerprint density at radius 2 is 2.05 bits per heavy atom. The molecule has 0 aromatic heterocycles. The van der Waals surface area contributed by atoms with E-state index in [1.165, 1.54) is 0 Å². The fraction of sp³-hybridized carbons (Fsp3) is 0.500. The molecule has 20 heavy (non-hydrogen) atoms. The van der Waals surface area contributed by atoms with Crippen LogP contribution in [0.1, 0.15) is 25.7 Å². The third-order valence-corrected chi connectivity index (χ3v) is 4.51. The van der Waals surface area contributed by atoms with Crippen molar-refractivity contribution in [3.8, 4) is 5.75 Å². The molecule has 0 heterocycles. The van der Waals surface area contributed by atoms with E-state index in [1.54, 1.807) is 6.07 Å². The molecule has 2 N–H and O–H groups in total. The molecule has 110 valence electrons. The van der Waals surface area contributed by atoms with Crippen LogP contribution in [-0.4, -0.2) is 29.8 Å². The van der Waals surface area contributed by atoms with Crippen molar-refractivity contribution in [2.45, 2.75) is 31.3 Å². The molecule has 1 amide bonds. The first-order valence-corrected chi connectivity index (χ1v) is 8.14. The van der Waals surface area contributed by atoms with Crippen LogP contribution in [-0.2, 0) is 4.79 Å². The van der Waals surface area contributed by atoms with Crippen molar-refractivity contribution >= 4 is 37.8 Å². The molecule has 4 nitrogen and oxygen atoms in total. The second-order valence-electron chi connectivity index (χ2n) is 5.07. The average Bonchev–Trinajstić information content (AvgIpc) is 2.83. The zero-order valence-electron chi connectivity index (χ0n) is 11.0. The fourth-order valence-corrected chi connectivity index (χ4v) is 3.42. The van der Waals surface area contributed by atoms with Gasteiger partial charge >= 0.3 is 0 Å². The summed E-state index contributed by atoms with van der Waals surface area (Å²) >= 11 is 6.72. The van der Waals surface area contributed by atoms with Gasteiger partial charge < -0.3 is 15.2 Å². The van der Waals surface area contributed by atoms with Crippen LogP contribution >= 0.6 is 31.9 Å². The number of carbonyl (C=O) groups is 1. The van der Waals surface area contributed by atoms with Gasteiger partial charge in [-0.25, -0.2) is 0 Å². The third-order valence-electron chi connectivity index (χ3n) is 3.40. The molecule has 2 rings (SSSR count). The van der Waals surface area contributed by atoms with Crippen LogP contribution in [0, 0.1) is 0 Å². The van der Waals surface area contributed by atoms with Crippen molar-refractivity contribution in [1.29, 1.82) is 0 Å². The van der Waals surface area contributed by atoms with Gasteiger partial charge in [0, 0.05) is 11.0 Å². The summed E-state index contributed by atoms with van der Waals surface area (Å²) in [6.45, 7) is 0.243. The Bertz CT molecular complexity index is 487. The van der Waals surface area contributed by atoms with E-state index in [2.05, 4.69) is 37.2 Å². The Morgan fingerprint density at radius 1 is 1.35 bits per heavy atom. The highest BCUT2D eigenvalue weighted by atomic mass is 79.9. The van der Waals surface area contributed by atoms with Crippen LogP contribution < -0.4 is 10.1 Å². The summed E-state index contributed by atoms with van der Waals surface area (Å²) in [6.07, 6.45) is 3.56. The first kappa shape index (κ1) is 15.8. The molecule has 0 spiro atoms. The smallest absolute Gasteiger partial charge is 0.258 e. The van der Waals surface area contributed by atoms with E-state index in [0.29, 0.717) is 12.3 Å². The highest BCUT2D eigenvalue weighted by Gasteiger charge is 2.31. The monoisotopic (exact) mass is 405 g/mol. The van der Waals surface area contributed by atoms with Gasteiger partial charge in [-0.1, -0.05) is 28.8 Å². The van der Waals surface area contributed by atoms with Gasteiger partial charge in [0.25, 0.3) is 5.91 Å². The van der Waals surface area contributed by atoms with Crippen LogP contribution in [0.2, 0.25) is 0 Å². The number of benzene rings is 1. The molecule has 1 fully saturated rings. The Morgan fingerprint density at radius 3 is 2.70 bits per heavy atom. The minimum atomic E-state index is -0.728. The number of nitrogens with one attached hydrogen (secondary N) is 1. The summed E-state index contributed by atoms with van der Waals surface area (Å²) in [5.41, 5.74) is -0.728. The molecular formula is C14H17Br2NO3. The summed E-state index contributed by atoms with van der Waals surface area (Å²) < 4.78 is 7.16. The Kier molecular flexibility index (Phi) is 5.46. The molecule has 6 heteroatoms. The molecule has 0 aliphatic heterocycles. The van der Waals surface area contributed by atoms with E-state index < -0.39 is 5.60 Å². The van der Waals surface area contributed by atoms with Gasteiger partial charge in [0.15, 0.2) is 6.61 Å². The topological polar surface area (TPSA) is 58.6 Å². The zero-order chi connectivity index (χ0) is 14.6. The maximum absolute atomic E-state index is 11.7. The largest absolute Gasteiger partial charge is 0.483 e. The van der Waals surface area contributed by atoms with Gasteiger partial charge in [0.2, 0.25) is 0 Å². The van der Waals surface area contributed by atoms with E-state index >= 15 is 0 Å². The molecule has 1 aromatic rings. The summed E-state index contributed by atoms with van der Waals surface area (Å²) in [5.74, 6) is 0.392. The van der Waals surface area contributed by atoms with Gasteiger partial charge in [-0.15, -0.1) is 0 Å². The number of hydrogen-bond donors (Lipinski definition) is 2. The standard InChI is InChI=1S/C14H17Br2NO3/c15-10-3-4-12(11(16)7-10)20-8-13(18)17-9-14(19)5-1-2-6-14/h3-4,7,19H,1-2,5-6,8-9H2,(H,17,18). The van der Waals surface area contributed by atoms with Gasteiger partial charge in [0.1, 0.15) is 5.75 Å². The normalized spacial score (nSPS) is 16.9. The molecule has 0 saturated heterocycles. The van der Waals surface area contributed by atoms with Crippen LogP contribution in [0.15, 0.2) is 27.1 Å². The molecule has 1 aliphatic rings. The summed E-state index contributed by atoms with van der Waals surface area (Å²) in [6, 6.07) is 5.49. The molecule has 0 unspecified atom stereocenters. The van der Waals surface area contributed by atoms with Gasteiger partial charge in [-0.3, -0.25) is 4.79 Å². The first-order valence-electron chi connectivity index (χ1n) is 6.55. The molecule has 0 bridgehead atoms. The maximum atomic E-state index is 11.7. The molecule has 0 radical (unpaired) electrons. The van der Waals surface area contributed by atoms with Crippen LogP contribution in [0.4, 0.5) is 0 Å². The van der Waals surface area contributed by atoms with Crippen LogP contribution in [0.5, 0.6) is 5.75 Å². The number of hydrogen-bond acceptors (Lipinski definition) is 3. The molecular weight excluding hydrogens is 390 g/mol.